The molecule has 0 spiro atoms. The van der Waals surface area contributed by atoms with Gasteiger partial charge >= 0.3 is 6.03 Å². The van der Waals surface area contributed by atoms with Crippen molar-refractivity contribution in [3.05, 3.63) is 29.3 Å². The van der Waals surface area contributed by atoms with Crippen molar-refractivity contribution in [3.8, 4) is 0 Å². The van der Waals surface area contributed by atoms with Crippen LogP contribution in [0.25, 0.3) is 0 Å². The molecule has 0 bridgehead atoms. The summed E-state index contributed by atoms with van der Waals surface area (Å²) >= 11 is 0. The summed E-state index contributed by atoms with van der Waals surface area (Å²) in [5.41, 5.74) is 2.45. The van der Waals surface area contributed by atoms with Gasteiger partial charge in [0.1, 0.15) is 6.29 Å². The highest BCUT2D eigenvalue weighted by atomic mass is 16.2. The van der Waals surface area contributed by atoms with Crippen LogP contribution in [0.15, 0.2) is 18.2 Å². The van der Waals surface area contributed by atoms with E-state index in [-0.39, 0.29) is 6.03 Å². The number of carbonyl (C=O) groups is 2. The summed E-state index contributed by atoms with van der Waals surface area (Å²) in [5, 5.41) is 2.74. The summed E-state index contributed by atoms with van der Waals surface area (Å²) in [7, 11) is 0. The molecule has 0 unspecified atom stereocenters. The minimum atomic E-state index is -0.0723. The predicted molar refractivity (Wildman–Crippen MR) is 57.3 cm³/mol. The lowest BCUT2D eigenvalue weighted by Gasteiger charge is -2.16. The van der Waals surface area contributed by atoms with Crippen LogP contribution in [-0.2, 0) is 0 Å². The summed E-state index contributed by atoms with van der Waals surface area (Å²) < 4.78 is 0. The first-order valence-electron chi connectivity index (χ1n) is 4.83. The zero-order chi connectivity index (χ0) is 10.8. The topological polar surface area (TPSA) is 49.4 Å². The van der Waals surface area contributed by atoms with Crippen LogP contribution in [0.5, 0.6) is 0 Å². The molecule has 2 amide bonds. The van der Waals surface area contributed by atoms with Crippen LogP contribution in [0.2, 0.25) is 0 Å². The number of nitrogens with one attached hydrogen (secondary N) is 1. The number of aldehydes is 1. The number of hydrogen-bond donors (Lipinski definition) is 1. The van der Waals surface area contributed by atoms with Crippen molar-refractivity contribution in [2.45, 2.75) is 6.92 Å². The number of rotatable bonds is 2. The third-order valence-corrected chi connectivity index (χ3v) is 2.50. The van der Waals surface area contributed by atoms with Crippen LogP contribution in [0.1, 0.15) is 15.9 Å². The molecule has 0 radical (unpaired) electrons. The van der Waals surface area contributed by atoms with Gasteiger partial charge in [0.05, 0.1) is 0 Å². The second-order valence-corrected chi connectivity index (χ2v) is 3.55. The van der Waals surface area contributed by atoms with Gasteiger partial charge < -0.3 is 5.32 Å². The number of amides is 2. The van der Waals surface area contributed by atoms with Crippen molar-refractivity contribution >= 4 is 18.0 Å². The molecule has 1 N–H and O–H groups in total. The standard InChI is InChI=1S/C11H12N2O2/c1-8-6-9(7-14)2-3-10(8)13-5-4-12-11(13)15/h2-3,6-7H,4-5H2,1H3,(H,12,15). The molecule has 0 aliphatic carbocycles. The van der Waals surface area contributed by atoms with Crippen molar-refractivity contribution < 1.29 is 9.59 Å². The number of benzene rings is 1. The van der Waals surface area contributed by atoms with Gasteiger partial charge in [-0.25, -0.2) is 4.79 Å². The number of aryl methyl sites for hydroxylation is 1. The molecule has 0 saturated carbocycles. The van der Waals surface area contributed by atoms with E-state index in [2.05, 4.69) is 5.32 Å². The second kappa shape index (κ2) is 3.73. The molecule has 1 aliphatic heterocycles. The van der Waals surface area contributed by atoms with Crippen LogP contribution in [0.3, 0.4) is 0 Å². The Morgan fingerprint density at radius 1 is 1.47 bits per heavy atom. The second-order valence-electron chi connectivity index (χ2n) is 3.55. The summed E-state index contributed by atoms with van der Waals surface area (Å²) in [5.74, 6) is 0. The van der Waals surface area contributed by atoms with Gasteiger partial charge in [0.15, 0.2) is 0 Å². The molecule has 1 aliphatic rings. The Morgan fingerprint density at radius 2 is 2.27 bits per heavy atom. The van der Waals surface area contributed by atoms with Crippen molar-refractivity contribution in [2.75, 3.05) is 18.0 Å². The number of anilines is 1. The first-order chi connectivity index (χ1) is 7.22. The monoisotopic (exact) mass is 204 g/mol. The predicted octanol–water partition coefficient (Wildman–Crippen LogP) is 1.34. The maximum Gasteiger partial charge on any atom is 0.322 e. The normalized spacial score (nSPS) is 15.3. The molecule has 0 aromatic heterocycles. The number of urea groups is 1. The number of carbonyl (C=O) groups excluding carboxylic acids is 2. The van der Waals surface area contributed by atoms with E-state index in [4.69, 9.17) is 0 Å². The average molecular weight is 204 g/mol. The highest BCUT2D eigenvalue weighted by Crippen LogP contribution is 2.22. The molecule has 1 heterocycles. The highest BCUT2D eigenvalue weighted by molar-refractivity contribution is 5.95. The molecule has 15 heavy (non-hydrogen) atoms. The first kappa shape index (κ1) is 9.71. The summed E-state index contributed by atoms with van der Waals surface area (Å²) in [4.78, 5) is 23.7. The van der Waals surface area contributed by atoms with Gasteiger partial charge in [-0.15, -0.1) is 0 Å². The number of hydrogen-bond acceptors (Lipinski definition) is 2. The molecule has 2 rings (SSSR count). The molecular formula is C11H12N2O2. The van der Waals surface area contributed by atoms with E-state index in [0.29, 0.717) is 18.7 Å². The molecule has 0 atom stereocenters. The fraction of sp³-hybridized carbons (Fsp3) is 0.273. The minimum absolute atomic E-state index is 0.0723. The third-order valence-electron chi connectivity index (χ3n) is 2.50. The molecule has 1 aromatic carbocycles. The van der Waals surface area contributed by atoms with E-state index >= 15 is 0 Å². The fourth-order valence-electron chi connectivity index (χ4n) is 1.76. The molecule has 1 fully saturated rings. The third kappa shape index (κ3) is 1.70. The van der Waals surface area contributed by atoms with E-state index in [1.54, 1.807) is 17.0 Å². The molecular weight excluding hydrogens is 192 g/mol. The SMILES string of the molecule is Cc1cc(C=O)ccc1N1CCNC1=O. The van der Waals surface area contributed by atoms with E-state index in [0.717, 1.165) is 17.5 Å². The van der Waals surface area contributed by atoms with Crippen molar-refractivity contribution in [2.24, 2.45) is 0 Å². The molecule has 1 aromatic rings. The van der Waals surface area contributed by atoms with Gasteiger partial charge in [0.25, 0.3) is 0 Å². The lowest BCUT2D eigenvalue weighted by molar-refractivity contribution is 0.112. The zero-order valence-electron chi connectivity index (χ0n) is 8.49. The molecule has 4 heteroatoms. The zero-order valence-corrected chi connectivity index (χ0v) is 8.49. The van der Waals surface area contributed by atoms with E-state index < -0.39 is 0 Å². The van der Waals surface area contributed by atoms with Gasteiger partial charge in [-0.1, -0.05) is 0 Å². The average Bonchev–Trinajstić information content (AvgIpc) is 2.64. The van der Waals surface area contributed by atoms with Gasteiger partial charge in [-0.3, -0.25) is 9.69 Å². The van der Waals surface area contributed by atoms with Crippen LogP contribution in [0, 0.1) is 6.92 Å². The van der Waals surface area contributed by atoms with Gasteiger partial charge in [0, 0.05) is 24.3 Å². The van der Waals surface area contributed by atoms with Crippen molar-refractivity contribution in [1.29, 1.82) is 0 Å². The smallest absolute Gasteiger partial charge is 0.322 e. The van der Waals surface area contributed by atoms with Crippen LogP contribution in [0.4, 0.5) is 10.5 Å². The van der Waals surface area contributed by atoms with Gasteiger partial charge in [0.2, 0.25) is 0 Å². The van der Waals surface area contributed by atoms with Gasteiger partial charge in [-0.2, -0.15) is 0 Å². The van der Waals surface area contributed by atoms with E-state index in [9.17, 15) is 9.59 Å². The molecule has 78 valence electrons. The summed E-state index contributed by atoms with van der Waals surface area (Å²) in [6, 6.07) is 5.25. The van der Waals surface area contributed by atoms with Crippen LogP contribution in [-0.4, -0.2) is 25.4 Å². The molecule has 4 nitrogen and oxygen atoms in total. The lowest BCUT2D eigenvalue weighted by atomic mass is 10.1. The quantitative estimate of drug-likeness (QED) is 0.739. The van der Waals surface area contributed by atoms with Crippen molar-refractivity contribution in [3.63, 3.8) is 0 Å². The highest BCUT2D eigenvalue weighted by Gasteiger charge is 2.22. The van der Waals surface area contributed by atoms with Crippen LogP contribution >= 0.6 is 0 Å². The minimum Gasteiger partial charge on any atom is -0.336 e. The van der Waals surface area contributed by atoms with Crippen LogP contribution < -0.4 is 10.2 Å². The Hall–Kier alpha value is -1.84. The number of nitrogens with zero attached hydrogens (tertiary/aromatic N) is 1. The Bertz CT molecular complexity index is 415. The van der Waals surface area contributed by atoms with Crippen molar-refractivity contribution in [1.82, 2.24) is 5.32 Å². The largest absolute Gasteiger partial charge is 0.336 e. The Balaban J connectivity index is 2.36. The Morgan fingerprint density at radius 3 is 2.80 bits per heavy atom. The maximum atomic E-state index is 11.4. The van der Waals surface area contributed by atoms with E-state index in [1.165, 1.54) is 0 Å². The van der Waals surface area contributed by atoms with Gasteiger partial charge in [-0.05, 0) is 30.7 Å². The maximum absolute atomic E-state index is 11.4. The summed E-state index contributed by atoms with van der Waals surface area (Å²) in [6.07, 6.45) is 0.806. The Labute approximate surface area is 87.9 Å². The fourth-order valence-corrected chi connectivity index (χ4v) is 1.76. The lowest BCUT2D eigenvalue weighted by Crippen LogP contribution is -2.28. The molecule has 1 saturated heterocycles. The first-order valence-corrected chi connectivity index (χ1v) is 4.83. The summed E-state index contributed by atoms with van der Waals surface area (Å²) in [6.45, 7) is 3.25. The Kier molecular flexibility index (Phi) is 2.41. The van der Waals surface area contributed by atoms with E-state index in [1.807, 2.05) is 13.0 Å².